The SMILES string of the molecule is COc1cc(/C=C2/C(=O)Nc3ccc(Cl)cc32)ccc1OCCC(C)C. The molecule has 3 rings (SSSR count). The number of anilines is 1. The molecule has 1 aliphatic rings. The lowest BCUT2D eigenvalue weighted by atomic mass is 10.0. The Labute approximate surface area is 158 Å². The van der Waals surface area contributed by atoms with Crippen molar-refractivity contribution in [3.05, 3.63) is 52.5 Å². The zero-order valence-corrected chi connectivity index (χ0v) is 15.9. The maximum Gasteiger partial charge on any atom is 0.256 e. The average molecular weight is 372 g/mol. The summed E-state index contributed by atoms with van der Waals surface area (Å²) in [5.41, 5.74) is 3.01. The number of rotatable bonds is 6. The number of nitrogens with one attached hydrogen (secondary N) is 1. The van der Waals surface area contributed by atoms with E-state index < -0.39 is 0 Å². The summed E-state index contributed by atoms with van der Waals surface area (Å²) in [6, 6.07) is 11.0. The van der Waals surface area contributed by atoms with Gasteiger partial charge in [-0.2, -0.15) is 0 Å². The van der Waals surface area contributed by atoms with Gasteiger partial charge in [0.2, 0.25) is 0 Å². The molecule has 0 saturated heterocycles. The Hall–Kier alpha value is -2.46. The van der Waals surface area contributed by atoms with E-state index in [0.29, 0.717) is 34.6 Å². The van der Waals surface area contributed by atoms with Crippen molar-refractivity contribution in [1.29, 1.82) is 0 Å². The van der Waals surface area contributed by atoms with Gasteiger partial charge in [0.1, 0.15) is 0 Å². The molecule has 1 amide bonds. The highest BCUT2D eigenvalue weighted by atomic mass is 35.5. The first kappa shape index (κ1) is 18.3. The van der Waals surface area contributed by atoms with Crippen molar-refractivity contribution >= 4 is 34.8 Å². The summed E-state index contributed by atoms with van der Waals surface area (Å²) in [4.78, 5) is 12.3. The molecule has 1 heterocycles. The molecule has 1 aliphatic heterocycles. The molecule has 4 nitrogen and oxygen atoms in total. The van der Waals surface area contributed by atoms with Crippen LogP contribution in [0.5, 0.6) is 11.5 Å². The zero-order valence-electron chi connectivity index (χ0n) is 15.1. The number of carbonyl (C=O) groups is 1. The fourth-order valence-electron chi connectivity index (χ4n) is 2.77. The number of hydrogen-bond acceptors (Lipinski definition) is 3. The van der Waals surface area contributed by atoms with Crippen LogP contribution in [0.15, 0.2) is 36.4 Å². The number of halogens is 1. The summed E-state index contributed by atoms with van der Waals surface area (Å²) in [5.74, 6) is 1.79. The molecule has 0 aliphatic carbocycles. The highest BCUT2D eigenvalue weighted by Crippen LogP contribution is 2.36. The van der Waals surface area contributed by atoms with E-state index in [-0.39, 0.29) is 5.91 Å². The molecule has 0 atom stereocenters. The van der Waals surface area contributed by atoms with Gasteiger partial charge in [-0.05, 0) is 54.3 Å². The smallest absolute Gasteiger partial charge is 0.256 e. The summed E-state index contributed by atoms with van der Waals surface area (Å²) in [7, 11) is 1.61. The summed E-state index contributed by atoms with van der Waals surface area (Å²) in [5, 5.41) is 3.45. The fraction of sp³-hybridized carbons (Fsp3) is 0.286. The Morgan fingerprint density at radius 1 is 1.15 bits per heavy atom. The minimum atomic E-state index is -0.140. The first-order chi connectivity index (χ1) is 12.5. The molecule has 2 aromatic rings. The van der Waals surface area contributed by atoms with Gasteiger partial charge in [0.25, 0.3) is 5.91 Å². The lowest BCUT2D eigenvalue weighted by Gasteiger charge is -2.12. The second-order valence-electron chi connectivity index (χ2n) is 6.64. The molecule has 0 bridgehead atoms. The normalized spacial score (nSPS) is 14.5. The summed E-state index contributed by atoms with van der Waals surface area (Å²) >= 11 is 6.08. The molecule has 0 aromatic heterocycles. The van der Waals surface area contributed by atoms with E-state index in [4.69, 9.17) is 21.1 Å². The number of fused-ring (bicyclic) bond motifs is 1. The van der Waals surface area contributed by atoms with Gasteiger partial charge < -0.3 is 14.8 Å². The monoisotopic (exact) mass is 371 g/mol. The van der Waals surface area contributed by atoms with Crippen LogP contribution in [0.4, 0.5) is 5.69 Å². The highest BCUT2D eigenvalue weighted by Gasteiger charge is 2.24. The number of ether oxygens (including phenoxy) is 2. The van der Waals surface area contributed by atoms with Crippen LogP contribution in [0, 0.1) is 5.92 Å². The van der Waals surface area contributed by atoms with Gasteiger partial charge in [-0.15, -0.1) is 0 Å². The van der Waals surface area contributed by atoms with Crippen LogP contribution in [0.2, 0.25) is 5.02 Å². The minimum absolute atomic E-state index is 0.140. The number of carbonyl (C=O) groups excluding carboxylic acids is 1. The third-order valence-corrected chi connectivity index (χ3v) is 4.45. The van der Waals surface area contributed by atoms with Crippen LogP contribution < -0.4 is 14.8 Å². The molecule has 0 fully saturated rings. The lowest BCUT2D eigenvalue weighted by molar-refractivity contribution is -0.110. The largest absolute Gasteiger partial charge is 0.493 e. The van der Waals surface area contributed by atoms with E-state index in [1.54, 1.807) is 19.2 Å². The Balaban J connectivity index is 1.87. The van der Waals surface area contributed by atoms with Crippen molar-refractivity contribution in [3.8, 4) is 11.5 Å². The van der Waals surface area contributed by atoms with Gasteiger partial charge >= 0.3 is 0 Å². The van der Waals surface area contributed by atoms with Crippen molar-refractivity contribution in [2.45, 2.75) is 20.3 Å². The third kappa shape index (κ3) is 4.02. The predicted octanol–water partition coefficient (Wildman–Crippen LogP) is 5.27. The Bertz CT molecular complexity index is 858. The molecule has 2 aromatic carbocycles. The number of hydrogen-bond donors (Lipinski definition) is 1. The van der Waals surface area contributed by atoms with E-state index in [2.05, 4.69) is 19.2 Å². The van der Waals surface area contributed by atoms with Crippen LogP contribution in [-0.4, -0.2) is 19.6 Å². The zero-order chi connectivity index (χ0) is 18.7. The van der Waals surface area contributed by atoms with Gasteiger partial charge in [0.05, 0.1) is 13.7 Å². The molecule has 0 spiro atoms. The molecule has 0 unspecified atom stereocenters. The molecular formula is C21H22ClNO3. The van der Waals surface area contributed by atoms with Gasteiger partial charge in [-0.3, -0.25) is 4.79 Å². The lowest BCUT2D eigenvalue weighted by Crippen LogP contribution is -2.04. The summed E-state index contributed by atoms with van der Waals surface area (Å²) < 4.78 is 11.3. The Morgan fingerprint density at radius 3 is 2.69 bits per heavy atom. The van der Waals surface area contributed by atoms with Gasteiger partial charge in [-0.1, -0.05) is 31.5 Å². The van der Waals surface area contributed by atoms with Gasteiger partial charge in [-0.25, -0.2) is 0 Å². The van der Waals surface area contributed by atoms with Gasteiger partial charge in [0, 0.05) is 21.8 Å². The van der Waals surface area contributed by atoms with Crippen molar-refractivity contribution < 1.29 is 14.3 Å². The fourth-order valence-corrected chi connectivity index (χ4v) is 2.94. The van der Waals surface area contributed by atoms with E-state index in [1.165, 1.54) is 0 Å². The standard InChI is InChI=1S/C21H22ClNO3/c1-13(2)8-9-26-19-7-4-14(11-20(19)25-3)10-17-16-12-15(22)5-6-18(16)23-21(17)24/h4-7,10-13H,8-9H2,1-3H3,(H,23,24)/b17-10+. The first-order valence-corrected chi connectivity index (χ1v) is 8.99. The molecule has 0 radical (unpaired) electrons. The summed E-state index contributed by atoms with van der Waals surface area (Å²) in [6.45, 7) is 4.96. The summed E-state index contributed by atoms with van der Waals surface area (Å²) in [6.07, 6.45) is 2.81. The maximum atomic E-state index is 12.3. The quantitative estimate of drug-likeness (QED) is 0.704. The number of amides is 1. The van der Waals surface area contributed by atoms with E-state index >= 15 is 0 Å². The van der Waals surface area contributed by atoms with Crippen LogP contribution in [0.1, 0.15) is 31.4 Å². The predicted molar refractivity (Wildman–Crippen MR) is 106 cm³/mol. The molecule has 26 heavy (non-hydrogen) atoms. The van der Waals surface area contributed by atoms with Gasteiger partial charge in [0.15, 0.2) is 11.5 Å². The van der Waals surface area contributed by atoms with Crippen molar-refractivity contribution in [2.75, 3.05) is 19.0 Å². The van der Waals surface area contributed by atoms with Crippen LogP contribution >= 0.6 is 11.6 Å². The highest BCUT2D eigenvalue weighted by molar-refractivity contribution is 6.36. The maximum absolute atomic E-state index is 12.3. The van der Waals surface area contributed by atoms with Crippen molar-refractivity contribution in [3.63, 3.8) is 0 Å². The second-order valence-corrected chi connectivity index (χ2v) is 7.08. The molecule has 0 saturated carbocycles. The van der Waals surface area contributed by atoms with E-state index in [9.17, 15) is 4.79 Å². The van der Waals surface area contributed by atoms with Crippen molar-refractivity contribution in [2.24, 2.45) is 5.92 Å². The van der Waals surface area contributed by atoms with Crippen molar-refractivity contribution in [1.82, 2.24) is 0 Å². The Kier molecular flexibility index (Phi) is 5.52. The topological polar surface area (TPSA) is 47.6 Å². The van der Waals surface area contributed by atoms with E-state index in [1.807, 2.05) is 30.3 Å². The number of methoxy groups -OCH3 is 1. The average Bonchev–Trinajstić information content (AvgIpc) is 2.91. The third-order valence-electron chi connectivity index (χ3n) is 4.22. The van der Waals surface area contributed by atoms with Crippen LogP contribution in [-0.2, 0) is 4.79 Å². The molecule has 1 N–H and O–H groups in total. The number of benzene rings is 2. The van der Waals surface area contributed by atoms with Crippen LogP contribution in [0.3, 0.4) is 0 Å². The molecule has 136 valence electrons. The first-order valence-electron chi connectivity index (χ1n) is 8.61. The van der Waals surface area contributed by atoms with Crippen LogP contribution in [0.25, 0.3) is 11.6 Å². The second kappa shape index (κ2) is 7.83. The minimum Gasteiger partial charge on any atom is -0.493 e. The molecular weight excluding hydrogens is 350 g/mol. The Morgan fingerprint density at radius 2 is 1.96 bits per heavy atom. The van der Waals surface area contributed by atoms with E-state index in [0.717, 1.165) is 23.2 Å². The molecule has 5 heteroatoms.